The van der Waals surface area contributed by atoms with Crippen LogP contribution in [0.4, 0.5) is 5.69 Å². The van der Waals surface area contributed by atoms with Crippen molar-refractivity contribution in [2.45, 2.75) is 69.9 Å². The molecule has 0 radical (unpaired) electrons. The first kappa shape index (κ1) is 23.9. The molecule has 1 aliphatic heterocycles. The fourth-order valence-corrected chi connectivity index (χ4v) is 3.62. The number of ether oxygens (including phenoxy) is 4. The van der Waals surface area contributed by atoms with Crippen LogP contribution in [-0.4, -0.2) is 67.3 Å². The van der Waals surface area contributed by atoms with E-state index in [1.165, 1.54) is 6.07 Å². The van der Waals surface area contributed by atoms with Gasteiger partial charge in [-0.15, -0.1) is 0 Å². The van der Waals surface area contributed by atoms with Gasteiger partial charge in [-0.1, -0.05) is 31.8 Å². The van der Waals surface area contributed by atoms with Gasteiger partial charge in [0, 0.05) is 20.7 Å². The minimum atomic E-state index is -1.24. The molecule has 0 aliphatic carbocycles. The Morgan fingerprint density at radius 2 is 1.86 bits per heavy atom. The van der Waals surface area contributed by atoms with Crippen molar-refractivity contribution in [2.24, 2.45) is 0 Å². The summed E-state index contributed by atoms with van der Waals surface area (Å²) in [6.07, 6.45) is -5.07. The van der Waals surface area contributed by atoms with Gasteiger partial charge in [0.2, 0.25) is 0 Å². The molecule has 2 rings (SSSR count). The van der Waals surface area contributed by atoms with Gasteiger partial charge in [-0.3, -0.25) is 10.1 Å². The van der Waals surface area contributed by atoms with E-state index in [4.69, 9.17) is 18.9 Å². The van der Waals surface area contributed by atoms with E-state index in [9.17, 15) is 20.3 Å². The molecule has 1 saturated heterocycles. The van der Waals surface area contributed by atoms with Crippen LogP contribution in [-0.2, 0) is 25.6 Å². The fourth-order valence-electron chi connectivity index (χ4n) is 2.86. The Hall–Kier alpha value is -1.40. The lowest BCUT2D eigenvalue weighted by Crippen LogP contribution is -2.58. The van der Waals surface area contributed by atoms with Crippen molar-refractivity contribution in [3.63, 3.8) is 0 Å². The molecular weight excluding hydrogens is 398 g/mol. The lowest BCUT2D eigenvalue weighted by molar-refractivity contribution is -0.386. The van der Waals surface area contributed by atoms with Gasteiger partial charge in [0.1, 0.15) is 25.1 Å². The summed E-state index contributed by atoms with van der Waals surface area (Å²) in [7, 11) is -1.23. The van der Waals surface area contributed by atoms with Gasteiger partial charge in [0.15, 0.2) is 6.29 Å². The third-order valence-electron chi connectivity index (χ3n) is 4.72. The number of aliphatic hydroxyl groups is 2. The van der Waals surface area contributed by atoms with Crippen LogP contribution < -0.4 is 0 Å². The van der Waals surface area contributed by atoms with Gasteiger partial charge in [-0.2, -0.15) is 0 Å². The smallest absolute Gasteiger partial charge is 0.274 e. The molecule has 9 nitrogen and oxygen atoms in total. The number of aliphatic hydroxyl groups excluding tert-OH is 2. The lowest BCUT2D eigenvalue weighted by Gasteiger charge is -2.41. The van der Waals surface area contributed by atoms with Crippen LogP contribution in [0.2, 0.25) is 25.7 Å². The van der Waals surface area contributed by atoms with Crippen molar-refractivity contribution in [3.05, 3.63) is 39.9 Å². The van der Waals surface area contributed by atoms with Crippen LogP contribution in [0.5, 0.6) is 0 Å². The van der Waals surface area contributed by atoms with Crippen molar-refractivity contribution >= 4 is 13.8 Å². The van der Waals surface area contributed by atoms with Crippen molar-refractivity contribution in [3.8, 4) is 0 Å². The summed E-state index contributed by atoms with van der Waals surface area (Å²) in [6, 6.07) is 7.20. The summed E-state index contributed by atoms with van der Waals surface area (Å²) in [4.78, 5) is 10.7. The molecule has 0 saturated carbocycles. The predicted molar refractivity (Wildman–Crippen MR) is 108 cm³/mol. The summed E-state index contributed by atoms with van der Waals surface area (Å²) in [5, 5.41) is 31.7. The number of rotatable bonds is 10. The highest BCUT2D eigenvalue weighted by Gasteiger charge is 2.44. The maximum absolute atomic E-state index is 11.2. The van der Waals surface area contributed by atoms with Crippen LogP contribution >= 0.6 is 0 Å². The Balaban J connectivity index is 1.98. The van der Waals surface area contributed by atoms with Crippen LogP contribution in [0.3, 0.4) is 0 Å². The third kappa shape index (κ3) is 7.10. The molecule has 1 aliphatic rings. The van der Waals surface area contributed by atoms with E-state index >= 15 is 0 Å². The predicted octanol–water partition coefficient (Wildman–Crippen LogP) is 2.28. The molecule has 0 bridgehead atoms. The van der Waals surface area contributed by atoms with E-state index in [-0.39, 0.29) is 19.1 Å². The number of nitro benzene ring substituents is 1. The van der Waals surface area contributed by atoms with Crippen LogP contribution in [0.15, 0.2) is 24.3 Å². The van der Waals surface area contributed by atoms with Crippen LogP contribution in [0.25, 0.3) is 0 Å². The zero-order valence-electron chi connectivity index (χ0n) is 17.3. The standard InChI is InChI=1S/C19H31NO8Si/c1-13-16(21)17(22)18(27-12-25-9-10-29(2,3)4)19(28-13)26-11-14-7-5-6-8-15(14)20(23)24/h5-8,13,16-19,21-22H,9-12H2,1-4H3/t13-,16+,17+,18-,19-/m1/s1. The summed E-state index contributed by atoms with van der Waals surface area (Å²) < 4.78 is 22.5. The lowest BCUT2D eigenvalue weighted by atomic mass is 10.00. The molecule has 1 aromatic carbocycles. The monoisotopic (exact) mass is 429 g/mol. The topological polar surface area (TPSA) is 121 Å². The Labute approximate surface area is 171 Å². The molecule has 0 spiro atoms. The first-order chi connectivity index (χ1) is 13.6. The minimum Gasteiger partial charge on any atom is -0.388 e. The number of hydrogen-bond acceptors (Lipinski definition) is 8. The van der Waals surface area contributed by atoms with Crippen molar-refractivity contribution < 1.29 is 34.1 Å². The highest BCUT2D eigenvalue weighted by Crippen LogP contribution is 2.27. The number of para-hydroxylation sites is 1. The second-order valence-corrected chi connectivity index (χ2v) is 14.0. The maximum Gasteiger partial charge on any atom is 0.274 e. The molecule has 0 aromatic heterocycles. The summed E-state index contributed by atoms with van der Waals surface area (Å²) in [6.45, 7) is 8.67. The molecule has 0 unspecified atom stereocenters. The van der Waals surface area contributed by atoms with Crippen molar-refractivity contribution in [1.29, 1.82) is 0 Å². The van der Waals surface area contributed by atoms with Gasteiger partial charge >= 0.3 is 0 Å². The van der Waals surface area contributed by atoms with Crippen molar-refractivity contribution in [1.82, 2.24) is 0 Å². The van der Waals surface area contributed by atoms with Crippen LogP contribution in [0.1, 0.15) is 12.5 Å². The van der Waals surface area contributed by atoms with E-state index in [2.05, 4.69) is 19.6 Å². The molecule has 5 atom stereocenters. The average molecular weight is 430 g/mol. The Morgan fingerprint density at radius 1 is 1.17 bits per heavy atom. The molecule has 0 amide bonds. The van der Waals surface area contributed by atoms with E-state index in [0.717, 1.165) is 6.04 Å². The highest BCUT2D eigenvalue weighted by atomic mass is 28.3. The van der Waals surface area contributed by atoms with Crippen molar-refractivity contribution in [2.75, 3.05) is 13.4 Å². The van der Waals surface area contributed by atoms with Gasteiger partial charge in [0.05, 0.1) is 23.2 Å². The highest BCUT2D eigenvalue weighted by molar-refractivity contribution is 6.76. The van der Waals surface area contributed by atoms with Gasteiger partial charge < -0.3 is 29.2 Å². The second kappa shape index (κ2) is 10.6. The van der Waals surface area contributed by atoms with E-state index < -0.39 is 43.7 Å². The number of nitrogens with zero attached hydrogens (tertiary/aromatic N) is 1. The molecule has 164 valence electrons. The first-order valence-corrected chi connectivity index (χ1v) is 13.4. The summed E-state index contributed by atoms with van der Waals surface area (Å²) >= 11 is 0. The maximum atomic E-state index is 11.2. The molecule has 1 aromatic rings. The average Bonchev–Trinajstić information content (AvgIpc) is 2.65. The molecule has 29 heavy (non-hydrogen) atoms. The zero-order valence-corrected chi connectivity index (χ0v) is 18.3. The largest absolute Gasteiger partial charge is 0.388 e. The summed E-state index contributed by atoms with van der Waals surface area (Å²) in [5.74, 6) is 0. The van der Waals surface area contributed by atoms with E-state index in [0.29, 0.717) is 12.2 Å². The number of benzene rings is 1. The normalized spacial score (nSPS) is 27.7. The molecule has 1 heterocycles. The Kier molecular flexibility index (Phi) is 8.70. The molecule has 2 N–H and O–H groups in total. The quantitative estimate of drug-likeness (QED) is 0.191. The number of hydrogen-bond donors (Lipinski definition) is 2. The number of nitro groups is 1. The van der Waals surface area contributed by atoms with Gasteiger partial charge in [0.25, 0.3) is 5.69 Å². The molecule has 1 fully saturated rings. The van der Waals surface area contributed by atoms with E-state index in [1.54, 1.807) is 25.1 Å². The van der Waals surface area contributed by atoms with Gasteiger partial charge in [-0.25, -0.2) is 0 Å². The third-order valence-corrected chi connectivity index (χ3v) is 6.42. The summed E-state index contributed by atoms with van der Waals surface area (Å²) in [5.41, 5.74) is 0.309. The Morgan fingerprint density at radius 3 is 2.52 bits per heavy atom. The first-order valence-electron chi connectivity index (χ1n) is 9.65. The Bertz CT molecular complexity index is 668. The fraction of sp³-hybridized carbons (Fsp3) is 0.684. The second-order valence-electron chi connectivity index (χ2n) is 8.36. The molecular formula is C19H31NO8Si. The zero-order chi connectivity index (χ0) is 21.6. The van der Waals surface area contributed by atoms with E-state index in [1.807, 2.05) is 0 Å². The van der Waals surface area contributed by atoms with Crippen LogP contribution in [0, 0.1) is 10.1 Å². The van der Waals surface area contributed by atoms with Gasteiger partial charge in [-0.05, 0) is 19.0 Å². The SMILES string of the molecule is C[C@H]1O[C@@H](OCc2ccccc2[N+](=O)[O-])[C@H](OCOCC[Si](C)(C)C)[C@@H](O)[C@H]1O. The molecule has 10 heteroatoms. The minimum absolute atomic E-state index is 0.0657.